The second-order valence-corrected chi connectivity index (χ2v) is 6.37. The molecule has 25 heavy (non-hydrogen) atoms. The van der Waals surface area contributed by atoms with Gasteiger partial charge in [0.25, 0.3) is 0 Å². The summed E-state index contributed by atoms with van der Waals surface area (Å²) in [7, 11) is 0. The van der Waals surface area contributed by atoms with Crippen LogP contribution in [0.1, 0.15) is 25.0 Å². The number of nitrogens with one attached hydrogen (secondary N) is 3. The molecule has 0 fully saturated rings. The molecule has 132 valence electrons. The molecule has 0 aromatic heterocycles. The van der Waals surface area contributed by atoms with E-state index >= 15 is 0 Å². The summed E-state index contributed by atoms with van der Waals surface area (Å²) in [5, 5.41) is 8.81. The van der Waals surface area contributed by atoms with Crippen LogP contribution >= 0.6 is 0 Å². The average Bonchev–Trinajstić information content (AvgIpc) is 2.58. The minimum absolute atomic E-state index is 0.0329. The summed E-state index contributed by atoms with van der Waals surface area (Å²) in [6.07, 6.45) is 0. The van der Waals surface area contributed by atoms with Gasteiger partial charge in [-0.1, -0.05) is 26.0 Å². The molecule has 0 aliphatic heterocycles. The fourth-order valence-corrected chi connectivity index (χ4v) is 2.25. The zero-order valence-corrected chi connectivity index (χ0v) is 15.1. The predicted molar refractivity (Wildman–Crippen MR) is 103 cm³/mol. The Hall–Kier alpha value is -2.82. The Morgan fingerprint density at radius 3 is 2.12 bits per heavy atom. The number of hydrogen-bond donors (Lipinski definition) is 3. The number of carbonyl (C=O) groups excluding carboxylic acids is 2. The van der Waals surface area contributed by atoms with Crippen LogP contribution in [0, 0.1) is 19.8 Å². The van der Waals surface area contributed by atoms with Crippen LogP contribution in [0.5, 0.6) is 0 Å². The fourth-order valence-electron chi connectivity index (χ4n) is 2.25. The molecule has 0 bridgehead atoms. The van der Waals surface area contributed by atoms with Gasteiger partial charge in [-0.05, 0) is 55.3 Å². The molecule has 0 radical (unpaired) electrons. The molecule has 5 heteroatoms. The predicted octanol–water partition coefficient (Wildman–Crippen LogP) is 3.95. The van der Waals surface area contributed by atoms with Crippen molar-refractivity contribution < 1.29 is 9.59 Å². The molecule has 2 amide bonds. The lowest BCUT2D eigenvalue weighted by Crippen LogP contribution is -2.22. The number of rotatable bonds is 6. The number of carbonyl (C=O) groups is 2. The Morgan fingerprint density at radius 2 is 1.52 bits per heavy atom. The van der Waals surface area contributed by atoms with Crippen molar-refractivity contribution in [2.45, 2.75) is 27.7 Å². The number of anilines is 3. The van der Waals surface area contributed by atoms with Gasteiger partial charge >= 0.3 is 0 Å². The second-order valence-electron chi connectivity index (χ2n) is 6.37. The maximum Gasteiger partial charge on any atom is 0.243 e. The highest BCUT2D eigenvalue weighted by Crippen LogP contribution is 2.18. The standard InChI is InChI=1S/C20H25N3O2/c1-13(2)20(25)23-17-10-8-16(9-11-17)22-19(24)12-21-18-7-5-6-14(3)15(18)4/h5-11,13,21H,12H2,1-4H3,(H,22,24)(H,23,25). The molecule has 2 aromatic rings. The molecule has 0 heterocycles. The molecule has 0 saturated carbocycles. The Kier molecular flexibility index (Phi) is 6.17. The van der Waals surface area contributed by atoms with Gasteiger partial charge in [0.1, 0.15) is 0 Å². The molecule has 0 saturated heterocycles. The van der Waals surface area contributed by atoms with E-state index in [-0.39, 0.29) is 24.3 Å². The van der Waals surface area contributed by atoms with Crippen LogP contribution in [-0.2, 0) is 9.59 Å². The molecule has 0 atom stereocenters. The zero-order valence-electron chi connectivity index (χ0n) is 15.1. The van der Waals surface area contributed by atoms with Gasteiger partial charge < -0.3 is 16.0 Å². The molecule has 0 aliphatic carbocycles. The summed E-state index contributed by atoms with van der Waals surface area (Å²) in [6, 6.07) is 13.0. The van der Waals surface area contributed by atoms with Crippen molar-refractivity contribution in [2.75, 3.05) is 22.5 Å². The van der Waals surface area contributed by atoms with Crippen molar-refractivity contribution in [3.63, 3.8) is 0 Å². The molecule has 3 N–H and O–H groups in total. The Bertz CT molecular complexity index is 752. The first-order valence-electron chi connectivity index (χ1n) is 8.37. The van der Waals surface area contributed by atoms with Crippen LogP contribution < -0.4 is 16.0 Å². The van der Waals surface area contributed by atoms with Crippen LogP contribution in [0.25, 0.3) is 0 Å². The van der Waals surface area contributed by atoms with Gasteiger partial charge in [-0.3, -0.25) is 9.59 Å². The van der Waals surface area contributed by atoms with E-state index < -0.39 is 0 Å². The summed E-state index contributed by atoms with van der Waals surface area (Å²) in [5.74, 6) is -0.232. The topological polar surface area (TPSA) is 70.2 Å². The maximum atomic E-state index is 12.1. The molecule has 2 rings (SSSR count). The lowest BCUT2D eigenvalue weighted by Gasteiger charge is -2.12. The highest BCUT2D eigenvalue weighted by atomic mass is 16.2. The first-order chi connectivity index (χ1) is 11.9. The van der Waals surface area contributed by atoms with E-state index in [0.717, 1.165) is 11.3 Å². The van der Waals surface area contributed by atoms with Crippen LogP contribution in [0.15, 0.2) is 42.5 Å². The molecule has 2 aromatic carbocycles. The van der Waals surface area contributed by atoms with E-state index in [1.54, 1.807) is 24.3 Å². The lowest BCUT2D eigenvalue weighted by molar-refractivity contribution is -0.119. The van der Waals surface area contributed by atoms with Crippen LogP contribution in [0.4, 0.5) is 17.1 Å². The van der Waals surface area contributed by atoms with Gasteiger partial charge in [-0.15, -0.1) is 0 Å². The Balaban J connectivity index is 1.88. The van der Waals surface area contributed by atoms with Gasteiger partial charge in [0.2, 0.25) is 11.8 Å². The molecule has 0 unspecified atom stereocenters. The van der Waals surface area contributed by atoms with Crippen molar-refractivity contribution >= 4 is 28.9 Å². The first-order valence-corrected chi connectivity index (χ1v) is 8.37. The van der Waals surface area contributed by atoms with E-state index in [1.807, 2.05) is 45.9 Å². The third-order valence-corrected chi connectivity index (χ3v) is 4.00. The molecule has 0 spiro atoms. The van der Waals surface area contributed by atoms with Crippen molar-refractivity contribution in [3.8, 4) is 0 Å². The number of amides is 2. The van der Waals surface area contributed by atoms with E-state index in [1.165, 1.54) is 5.56 Å². The zero-order chi connectivity index (χ0) is 18.4. The summed E-state index contributed by atoms with van der Waals surface area (Å²) < 4.78 is 0. The minimum atomic E-state index is -0.125. The monoisotopic (exact) mass is 339 g/mol. The lowest BCUT2D eigenvalue weighted by atomic mass is 10.1. The summed E-state index contributed by atoms with van der Waals surface area (Å²) >= 11 is 0. The Morgan fingerprint density at radius 1 is 0.920 bits per heavy atom. The molecule has 0 aliphatic rings. The first kappa shape index (κ1) is 18.5. The van der Waals surface area contributed by atoms with E-state index in [4.69, 9.17) is 0 Å². The van der Waals surface area contributed by atoms with Gasteiger partial charge in [-0.25, -0.2) is 0 Å². The highest BCUT2D eigenvalue weighted by Gasteiger charge is 2.08. The van der Waals surface area contributed by atoms with Crippen molar-refractivity contribution in [1.82, 2.24) is 0 Å². The number of benzene rings is 2. The van der Waals surface area contributed by atoms with Crippen molar-refractivity contribution in [2.24, 2.45) is 5.92 Å². The summed E-state index contributed by atoms with van der Waals surface area (Å²) in [6.45, 7) is 7.94. The van der Waals surface area contributed by atoms with Crippen molar-refractivity contribution in [3.05, 3.63) is 53.6 Å². The van der Waals surface area contributed by atoms with Crippen LogP contribution in [0.3, 0.4) is 0 Å². The molecule has 5 nitrogen and oxygen atoms in total. The SMILES string of the molecule is Cc1cccc(NCC(=O)Nc2ccc(NC(=O)C(C)C)cc2)c1C. The van der Waals surface area contributed by atoms with Gasteiger partial charge in [0.15, 0.2) is 0 Å². The van der Waals surface area contributed by atoms with Gasteiger partial charge in [0.05, 0.1) is 6.54 Å². The fraction of sp³-hybridized carbons (Fsp3) is 0.300. The smallest absolute Gasteiger partial charge is 0.243 e. The van der Waals surface area contributed by atoms with E-state index in [9.17, 15) is 9.59 Å². The summed E-state index contributed by atoms with van der Waals surface area (Å²) in [4.78, 5) is 23.7. The number of aryl methyl sites for hydroxylation is 1. The largest absolute Gasteiger partial charge is 0.376 e. The van der Waals surface area contributed by atoms with Crippen LogP contribution in [-0.4, -0.2) is 18.4 Å². The average molecular weight is 339 g/mol. The Labute approximate surface area is 148 Å². The second kappa shape index (κ2) is 8.33. The third kappa shape index (κ3) is 5.35. The third-order valence-electron chi connectivity index (χ3n) is 4.00. The number of hydrogen-bond acceptors (Lipinski definition) is 3. The molecular weight excluding hydrogens is 314 g/mol. The van der Waals surface area contributed by atoms with Gasteiger partial charge in [0, 0.05) is 23.0 Å². The quantitative estimate of drug-likeness (QED) is 0.746. The maximum absolute atomic E-state index is 12.1. The van der Waals surface area contributed by atoms with E-state index in [2.05, 4.69) is 16.0 Å². The van der Waals surface area contributed by atoms with Crippen molar-refractivity contribution in [1.29, 1.82) is 0 Å². The molecular formula is C20H25N3O2. The summed E-state index contributed by atoms with van der Waals surface area (Å²) in [5.41, 5.74) is 4.69. The van der Waals surface area contributed by atoms with E-state index in [0.29, 0.717) is 11.4 Å². The minimum Gasteiger partial charge on any atom is -0.376 e. The highest BCUT2D eigenvalue weighted by molar-refractivity contribution is 5.95. The van der Waals surface area contributed by atoms with Crippen LogP contribution in [0.2, 0.25) is 0 Å². The normalized spacial score (nSPS) is 10.4. The van der Waals surface area contributed by atoms with Gasteiger partial charge in [-0.2, -0.15) is 0 Å².